The van der Waals surface area contributed by atoms with Gasteiger partial charge >= 0.3 is 6.03 Å². The number of urea groups is 1. The molecule has 1 atom stereocenters. The van der Waals surface area contributed by atoms with Gasteiger partial charge in [0.05, 0.1) is 12.2 Å². The molecule has 2 aromatic rings. The van der Waals surface area contributed by atoms with Crippen LogP contribution in [0.25, 0.3) is 0 Å². The predicted octanol–water partition coefficient (Wildman–Crippen LogP) is 3.95. The zero-order valence-corrected chi connectivity index (χ0v) is 22.8. The van der Waals surface area contributed by atoms with E-state index in [2.05, 4.69) is 39.3 Å². The van der Waals surface area contributed by atoms with Gasteiger partial charge in [-0.1, -0.05) is 6.08 Å². The van der Waals surface area contributed by atoms with E-state index in [1.807, 2.05) is 24.0 Å². The van der Waals surface area contributed by atoms with E-state index in [9.17, 15) is 9.59 Å². The third-order valence-electron chi connectivity index (χ3n) is 8.47. The molecule has 9 heteroatoms. The Kier molecular flexibility index (Phi) is 6.62. The lowest BCUT2D eigenvalue weighted by molar-refractivity contribution is 0.0492. The molecule has 2 fully saturated rings. The number of piperidine rings is 1. The lowest BCUT2D eigenvalue weighted by Crippen LogP contribution is -2.50. The van der Waals surface area contributed by atoms with Gasteiger partial charge in [-0.3, -0.25) is 4.79 Å². The Hall–Kier alpha value is -3.72. The Morgan fingerprint density at radius 3 is 2.77 bits per heavy atom. The van der Waals surface area contributed by atoms with Crippen molar-refractivity contribution in [3.8, 4) is 5.75 Å². The number of nitrogens with one attached hydrogen (secondary N) is 1. The van der Waals surface area contributed by atoms with Crippen LogP contribution in [0.15, 0.2) is 47.9 Å². The molecule has 9 nitrogen and oxygen atoms in total. The van der Waals surface area contributed by atoms with Gasteiger partial charge in [0.1, 0.15) is 23.6 Å². The number of methoxy groups -OCH3 is 1. The molecule has 0 radical (unpaired) electrons. The van der Waals surface area contributed by atoms with Crippen LogP contribution in [-0.4, -0.2) is 71.7 Å². The highest BCUT2D eigenvalue weighted by atomic mass is 16.5. The second kappa shape index (κ2) is 10.1. The molecule has 39 heavy (non-hydrogen) atoms. The number of ketones is 1. The lowest BCUT2D eigenvalue weighted by Gasteiger charge is -2.38. The maximum absolute atomic E-state index is 13.3. The van der Waals surface area contributed by atoms with Crippen molar-refractivity contribution < 1.29 is 19.1 Å². The quantitative estimate of drug-likeness (QED) is 0.586. The van der Waals surface area contributed by atoms with Crippen molar-refractivity contribution in [2.75, 3.05) is 38.3 Å². The number of hydrogen-bond donors (Lipinski definition) is 1. The molecule has 4 heterocycles. The van der Waals surface area contributed by atoms with E-state index in [4.69, 9.17) is 9.47 Å². The number of hydrogen-bond acceptors (Lipinski definition) is 7. The van der Waals surface area contributed by atoms with Crippen LogP contribution in [0.4, 0.5) is 10.6 Å². The Balaban J connectivity index is 1.12. The molecule has 1 unspecified atom stereocenters. The largest absolute Gasteiger partial charge is 0.493 e. The maximum Gasteiger partial charge on any atom is 0.322 e. The van der Waals surface area contributed by atoms with Crippen LogP contribution < -0.4 is 15.0 Å². The van der Waals surface area contributed by atoms with Crippen LogP contribution in [0.3, 0.4) is 0 Å². The molecule has 6 rings (SSSR count). The smallest absolute Gasteiger partial charge is 0.322 e. The minimum Gasteiger partial charge on any atom is -0.493 e. The highest BCUT2D eigenvalue weighted by molar-refractivity contribution is 6.08. The molecule has 1 aromatic carbocycles. The topological polar surface area (TPSA) is 96.9 Å². The number of carbonyl (C=O) groups is 2. The summed E-state index contributed by atoms with van der Waals surface area (Å²) in [4.78, 5) is 39.4. The van der Waals surface area contributed by atoms with Crippen molar-refractivity contribution in [3.05, 3.63) is 70.3 Å². The minimum atomic E-state index is -0.324. The number of anilines is 1. The highest BCUT2D eigenvalue weighted by Crippen LogP contribution is 2.33. The van der Waals surface area contributed by atoms with Crippen LogP contribution >= 0.6 is 0 Å². The number of ether oxygens (including phenoxy) is 2. The Morgan fingerprint density at radius 1 is 1.15 bits per heavy atom. The predicted molar refractivity (Wildman–Crippen MR) is 147 cm³/mol. The number of allylic oxidation sites excluding steroid dienone is 1. The Morgan fingerprint density at radius 2 is 1.97 bits per heavy atom. The highest BCUT2D eigenvalue weighted by Gasteiger charge is 2.34. The number of carbonyl (C=O) groups excluding carboxylic acids is 2. The molecule has 3 aliphatic heterocycles. The summed E-state index contributed by atoms with van der Waals surface area (Å²) in [5, 5.41) is 3.13. The number of nitrogens with zero attached hydrogens (tertiary/aromatic N) is 4. The van der Waals surface area contributed by atoms with Gasteiger partial charge in [0.25, 0.3) is 0 Å². The molecule has 0 spiro atoms. The van der Waals surface area contributed by atoms with Crippen molar-refractivity contribution in [3.63, 3.8) is 0 Å². The van der Waals surface area contributed by atoms with Gasteiger partial charge in [-0.2, -0.15) is 0 Å². The van der Waals surface area contributed by atoms with Gasteiger partial charge in [0.15, 0.2) is 0 Å². The fourth-order valence-electron chi connectivity index (χ4n) is 6.13. The van der Waals surface area contributed by atoms with Crippen molar-refractivity contribution in [2.24, 2.45) is 0 Å². The fraction of sp³-hybridized carbons (Fsp3) is 0.467. The molecular weight excluding hydrogens is 494 g/mol. The fourth-order valence-corrected chi connectivity index (χ4v) is 6.13. The van der Waals surface area contributed by atoms with Crippen LogP contribution in [0.5, 0.6) is 5.75 Å². The molecule has 4 aliphatic rings. The summed E-state index contributed by atoms with van der Waals surface area (Å²) in [6.45, 7) is 6.88. The molecule has 0 saturated carbocycles. The second-order valence-electron chi connectivity index (χ2n) is 11.1. The molecule has 1 aliphatic carbocycles. The molecule has 0 bridgehead atoms. The first-order valence-electron chi connectivity index (χ1n) is 13.8. The first-order chi connectivity index (χ1) is 18.8. The van der Waals surface area contributed by atoms with E-state index < -0.39 is 0 Å². The van der Waals surface area contributed by atoms with E-state index in [-0.39, 0.29) is 23.5 Å². The molecule has 1 aromatic heterocycles. The zero-order valence-electron chi connectivity index (χ0n) is 22.8. The summed E-state index contributed by atoms with van der Waals surface area (Å²) in [5.74, 6) is 1.53. The maximum atomic E-state index is 13.3. The van der Waals surface area contributed by atoms with Gasteiger partial charge in [-0.05, 0) is 68.0 Å². The second-order valence-corrected chi connectivity index (χ2v) is 11.1. The van der Waals surface area contributed by atoms with Crippen molar-refractivity contribution >= 4 is 17.6 Å². The van der Waals surface area contributed by atoms with Crippen molar-refractivity contribution in [1.82, 2.24) is 20.2 Å². The summed E-state index contributed by atoms with van der Waals surface area (Å²) in [6.07, 6.45) is 9.72. The summed E-state index contributed by atoms with van der Waals surface area (Å²) in [7, 11) is 1.73. The molecule has 2 amide bonds. The van der Waals surface area contributed by atoms with Crippen LogP contribution in [-0.2, 0) is 11.2 Å². The number of rotatable bonds is 5. The van der Waals surface area contributed by atoms with E-state index in [0.29, 0.717) is 24.4 Å². The minimum absolute atomic E-state index is 0.0333. The number of aryl methyl sites for hydroxylation is 1. The molecular formula is C30H35N5O4. The van der Waals surface area contributed by atoms with Crippen LogP contribution in [0.2, 0.25) is 0 Å². The average molecular weight is 530 g/mol. The number of benzene rings is 1. The third kappa shape index (κ3) is 4.91. The van der Waals surface area contributed by atoms with Crippen molar-refractivity contribution in [1.29, 1.82) is 0 Å². The van der Waals surface area contributed by atoms with Gasteiger partial charge in [-0.25, -0.2) is 14.8 Å². The van der Waals surface area contributed by atoms with Crippen molar-refractivity contribution in [2.45, 2.75) is 57.6 Å². The van der Waals surface area contributed by atoms with Gasteiger partial charge in [0, 0.05) is 63.0 Å². The zero-order chi connectivity index (χ0) is 27.1. The Labute approximate surface area is 228 Å². The first-order valence-corrected chi connectivity index (χ1v) is 13.8. The van der Waals surface area contributed by atoms with Gasteiger partial charge in [-0.15, -0.1) is 0 Å². The summed E-state index contributed by atoms with van der Waals surface area (Å²) < 4.78 is 11.4. The van der Waals surface area contributed by atoms with E-state index in [0.717, 1.165) is 79.2 Å². The number of fused-ring (bicyclic) bond motifs is 2. The van der Waals surface area contributed by atoms with Gasteiger partial charge in [0.2, 0.25) is 5.78 Å². The van der Waals surface area contributed by atoms with Gasteiger partial charge < -0.3 is 24.6 Å². The lowest BCUT2D eigenvalue weighted by atomic mass is 9.90. The summed E-state index contributed by atoms with van der Waals surface area (Å²) >= 11 is 0. The SMILES string of the molecule is COC1(C)C=C2CCN(C3CCN(c4cc(C(=O)c5cc(C)c6c(c5)CCO6)ncn4)CC3)C(=O)NC2=CC1. The summed E-state index contributed by atoms with van der Waals surface area (Å²) in [6, 6.07) is 5.71. The van der Waals surface area contributed by atoms with E-state index in [1.165, 1.54) is 6.33 Å². The third-order valence-corrected chi connectivity index (χ3v) is 8.47. The standard InChI is InChI=1S/C30H35N5O4/c1-19-14-22(15-20-8-13-39-28(19)20)27(36)25-16-26(32-18-31-25)34-10-6-23(7-11-34)35-12-5-21-17-30(2,38-3)9-4-24(21)33-29(35)37/h4,14-18,23H,5-13H2,1-3H3,(H,33,37). The van der Waals surface area contributed by atoms with E-state index >= 15 is 0 Å². The van der Waals surface area contributed by atoms with E-state index in [1.54, 1.807) is 13.2 Å². The number of amides is 2. The molecule has 204 valence electrons. The van der Waals surface area contributed by atoms with Crippen LogP contribution in [0, 0.1) is 6.92 Å². The monoisotopic (exact) mass is 529 g/mol. The average Bonchev–Trinajstić information content (AvgIpc) is 3.38. The first kappa shape index (κ1) is 25.6. The van der Waals surface area contributed by atoms with Crippen LogP contribution in [0.1, 0.15) is 59.8 Å². The normalized spacial score (nSPS) is 23.2. The summed E-state index contributed by atoms with van der Waals surface area (Å²) in [5.41, 5.74) is 4.80. The molecule has 1 N–H and O–H groups in total. The Bertz CT molecular complexity index is 1380. The number of aromatic nitrogens is 2. The molecule has 2 saturated heterocycles.